The van der Waals surface area contributed by atoms with Gasteiger partial charge in [-0.2, -0.15) is 0 Å². The van der Waals surface area contributed by atoms with Crippen molar-refractivity contribution in [1.29, 1.82) is 0 Å². The van der Waals surface area contributed by atoms with Crippen molar-refractivity contribution in [2.45, 2.75) is 38.8 Å². The number of benzene rings is 2. The zero-order valence-corrected chi connectivity index (χ0v) is 14.7. The molecule has 0 bridgehead atoms. The third kappa shape index (κ3) is 3.63. The highest BCUT2D eigenvalue weighted by atomic mass is 16.5. The van der Waals surface area contributed by atoms with Crippen LogP contribution in [0.5, 0.6) is 5.75 Å². The summed E-state index contributed by atoms with van der Waals surface area (Å²) in [6.07, 6.45) is 4.00. The lowest BCUT2D eigenvalue weighted by atomic mass is 9.98. The molecule has 128 valence electrons. The Labute approximate surface area is 144 Å². The Balaban J connectivity index is 1.79. The Bertz CT molecular complexity index is 660. The molecule has 1 aliphatic rings. The molecule has 1 aliphatic heterocycles. The van der Waals surface area contributed by atoms with E-state index in [1.807, 2.05) is 18.2 Å². The first kappa shape index (κ1) is 17.0. The van der Waals surface area contributed by atoms with Crippen LogP contribution in [0.2, 0.25) is 0 Å². The van der Waals surface area contributed by atoms with E-state index in [1.54, 1.807) is 7.11 Å². The second kappa shape index (κ2) is 7.82. The minimum Gasteiger partial charge on any atom is -0.496 e. The highest BCUT2D eigenvalue weighted by molar-refractivity contribution is 5.66. The number of hydrogen-bond acceptors (Lipinski definition) is 3. The van der Waals surface area contributed by atoms with Gasteiger partial charge in [0.15, 0.2) is 0 Å². The van der Waals surface area contributed by atoms with Crippen LogP contribution >= 0.6 is 0 Å². The van der Waals surface area contributed by atoms with Crippen molar-refractivity contribution in [3.63, 3.8) is 0 Å². The van der Waals surface area contributed by atoms with E-state index < -0.39 is 0 Å². The maximum absolute atomic E-state index is 9.50. The Morgan fingerprint density at radius 2 is 1.67 bits per heavy atom. The molecule has 1 saturated heterocycles. The van der Waals surface area contributed by atoms with E-state index in [2.05, 4.69) is 36.1 Å². The molecule has 0 saturated carbocycles. The summed E-state index contributed by atoms with van der Waals surface area (Å²) in [5.74, 6) is 0.733. The lowest BCUT2D eigenvalue weighted by molar-refractivity contribution is 0.175. The van der Waals surface area contributed by atoms with Gasteiger partial charge < -0.3 is 9.84 Å². The number of rotatable bonds is 5. The average Bonchev–Trinajstić information content (AvgIpc) is 2.67. The van der Waals surface area contributed by atoms with Gasteiger partial charge in [-0.25, -0.2) is 0 Å². The first-order valence-electron chi connectivity index (χ1n) is 8.85. The standard InChI is InChI=1S/C21H27NO2/c1-16(22-12-4-3-5-13-22)17-6-8-18(9-7-17)19-10-11-21(24-2)20(14-19)15-23/h6-11,14,16,23H,3-5,12-13,15H2,1-2H3. The number of aliphatic hydroxyl groups excluding tert-OH is 1. The molecule has 1 atom stereocenters. The molecular weight excluding hydrogens is 298 g/mol. The van der Waals surface area contributed by atoms with Crippen LogP contribution in [0.1, 0.15) is 43.4 Å². The predicted octanol–water partition coefficient (Wildman–Crippen LogP) is 4.40. The number of hydrogen-bond donors (Lipinski definition) is 1. The molecule has 0 aliphatic carbocycles. The van der Waals surface area contributed by atoms with Gasteiger partial charge in [0, 0.05) is 11.6 Å². The Hall–Kier alpha value is -1.84. The van der Waals surface area contributed by atoms with Crippen LogP contribution in [0.25, 0.3) is 11.1 Å². The third-order valence-corrected chi connectivity index (χ3v) is 5.12. The Kier molecular flexibility index (Phi) is 5.54. The van der Waals surface area contributed by atoms with Crippen LogP contribution in [0.3, 0.4) is 0 Å². The van der Waals surface area contributed by atoms with Crippen LogP contribution in [-0.2, 0) is 6.61 Å². The van der Waals surface area contributed by atoms with Gasteiger partial charge in [0.1, 0.15) is 5.75 Å². The zero-order chi connectivity index (χ0) is 16.9. The van der Waals surface area contributed by atoms with Crippen molar-refractivity contribution in [1.82, 2.24) is 4.90 Å². The highest BCUT2D eigenvalue weighted by Crippen LogP contribution is 2.29. The third-order valence-electron chi connectivity index (χ3n) is 5.12. The summed E-state index contributed by atoms with van der Waals surface area (Å²) in [6.45, 7) is 4.71. The van der Waals surface area contributed by atoms with E-state index in [4.69, 9.17) is 4.74 Å². The van der Waals surface area contributed by atoms with Gasteiger partial charge >= 0.3 is 0 Å². The fourth-order valence-electron chi connectivity index (χ4n) is 3.55. The number of likely N-dealkylation sites (tertiary alicyclic amines) is 1. The molecule has 1 unspecified atom stereocenters. The van der Waals surface area contributed by atoms with Crippen LogP contribution in [-0.4, -0.2) is 30.2 Å². The summed E-state index contributed by atoms with van der Waals surface area (Å²) < 4.78 is 5.28. The number of ether oxygens (including phenoxy) is 1. The van der Waals surface area contributed by atoms with Crippen molar-refractivity contribution in [2.24, 2.45) is 0 Å². The summed E-state index contributed by atoms with van der Waals surface area (Å²) in [7, 11) is 1.63. The molecule has 24 heavy (non-hydrogen) atoms. The van der Waals surface area contributed by atoms with Crippen LogP contribution in [0.15, 0.2) is 42.5 Å². The minimum atomic E-state index is -0.0128. The zero-order valence-electron chi connectivity index (χ0n) is 14.7. The Morgan fingerprint density at radius 1 is 1.00 bits per heavy atom. The highest BCUT2D eigenvalue weighted by Gasteiger charge is 2.18. The van der Waals surface area contributed by atoms with Gasteiger partial charge in [-0.15, -0.1) is 0 Å². The molecule has 2 aromatic carbocycles. The van der Waals surface area contributed by atoms with Gasteiger partial charge in [-0.3, -0.25) is 4.90 Å². The van der Waals surface area contributed by atoms with Gasteiger partial charge in [0.25, 0.3) is 0 Å². The van der Waals surface area contributed by atoms with Gasteiger partial charge in [0.05, 0.1) is 13.7 Å². The minimum absolute atomic E-state index is 0.0128. The SMILES string of the molecule is COc1ccc(-c2ccc(C(C)N3CCCCC3)cc2)cc1CO. The molecule has 1 fully saturated rings. The molecule has 0 aromatic heterocycles. The number of nitrogens with zero attached hydrogens (tertiary/aromatic N) is 1. The number of methoxy groups -OCH3 is 1. The maximum atomic E-state index is 9.50. The lowest BCUT2D eigenvalue weighted by Crippen LogP contribution is -2.32. The van der Waals surface area contributed by atoms with E-state index in [-0.39, 0.29) is 6.61 Å². The molecule has 3 heteroatoms. The summed E-state index contributed by atoms with van der Waals surface area (Å²) in [5.41, 5.74) is 4.47. The largest absolute Gasteiger partial charge is 0.496 e. The van der Waals surface area contributed by atoms with Crippen LogP contribution < -0.4 is 4.74 Å². The molecule has 0 spiro atoms. The van der Waals surface area contributed by atoms with E-state index in [0.29, 0.717) is 6.04 Å². The fourth-order valence-corrected chi connectivity index (χ4v) is 3.55. The smallest absolute Gasteiger partial charge is 0.124 e. The van der Waals surface area contributed by atoms with E-state index in [0.717, 1.165) is 16.9 Å². The predicted molar refractivity (Wildman–Crippen MR) is 98.2 cm³/mol. The summed E-state index contributed by atoms with van der Waals surface area (Å²) >= 11 is 0. The molecule has 0 radical (unpaired) electrons. The van der Waals surface area contributed by atoms with Crippen molar-refractivity contribution < 1.29 is 9.84 Å². The molecular formula is C21H27NO2. The van der Waals surface area contributed by atoms with E-state index in [9.17, 15) is 5.11 Å². The number of aliphatic hydroxyl groups is 1. The average molecular weight is 325 g/mol. The van der Waals surface area contributed by atoms with Crippen molar-refractivity contribution >= 4 is 0 Å². The monoisotopic (exact) mass is 325 g/mol. The molecule has 3 nitrogen and oxygen atoms in total. The molecule has 1 N–H and O–H groups in total. The van der Waals surface area contributed by atoms with Crippen LogP contribution in [0, 0.1) is 0 Å². The first-order chi connectivity index (χ1) is 11.7. The summed E-state index contributed by atoms with van der Waals surface area (Å²) in [5, 5.41) is 9.50. The molecule has 2 aromatic rings. The quantitative estimate of drug-likeness (QED) is 0.884. The van der Waals surface area contributed by atoms with E-state index in [1.165, 1.54) is 43.5 Å². The van der Waals surface area contributed by atoms with Crippen LogP contribution in [0.4, 0.5) is 0 Å². The van der Waals surface area contributed by atoms with Crippen molar-refractivity contribution in [2.75, 3.05) is 20.2 Å². The van der Waals surface area contributed by atoms with Gasteiger partial charge in [-0.05, 0) is 61.7 Å². The van der Waals surface area contributed by atoms with Gasteiger partial charge in [-0.1, -0.05) is 36.8 Å². The summed E-state index contributed by atoms with van der Waals surface area (Å²) in [4.78, 5) is 2.58. The number of piperidine rings is 1. The van der Waals surface area contributed by atoms with Gasteiger partial charge in [0.2, 0.25) is 0 Å². The lowest BCUT2D eigenvalue weighted by Gasteiger charge is -2.32. The maximum Gasteiger partial charge on any atom is 0.124 e. The summed E-state index contributed by atoms with van der Waals surface area (Å²) in [6, 6.07) is 15.3. The first-order valence-corrected chi connectivity index (χ1v) is 8.85. The fraction of sp³-hybridized carbons (Fsp3) is 0.429. The molecule has 0 amide bonds. The topological polar surface area (TPSA) is 32.7 Å². The Morgan fingerprint density at radius 3 is 2.29 bits per heavy atom. The molecule has 1 heterocycles. The van der Waals surface area contributed by atoms with Crippen molar-refractivity contribution in [3.8, 4) is 16.9 Å². The second-order valence-corrected chi connectivity index (χ2v) is 6.58. The molecule has 3 rings (SSSR count). The van der Waals surface area contributed by atoms with Crippen molar-refractivity contribution in [3.05, 3.63) is 53.6 Å². The normalized spacial score (nSPS) is 16.8. The van der Waals surface area contributed by atoms with E-state index >= 15 is 0 Å². The second-order valence-electron chi connectivity index (χ2n) is 6.58.